The fourth-order valence-corrected chi connectivity index (χ4v) is 7.50. The first-order chi connectivity index (χ1) is 13.3. The van der Waals surface area contributed by atoms with Crippen molar-refractivity contribution in [3.8, 4) is 0 Å². The fraction of sp³-hybridized carbons (Fsp3) is 0.300. The van der Waals surface area contributed by atoms with E-state index in [1.165, 1.54) is 23.9 Å². The van der Waals surface area contributed by atoms with Crippen LogP contribution in [0.15, 0.2) is 53.5 Å². The smallest absolute Gasteiger partial charge is 0.252 e. The number of nitrogens with zero attached hydrogens (tertiary/aromatic N) is 2. The number of carbonyl (C=O) groups excluding carboxylic acids is 1. The van der Waals surface area contributed by atoms with E-state index in [1.807, 2.05) is 36.1 Å². The topological polar surface area (TPSA) is 66.8 Å². The van der Waals surface area contributed by atoms with Gasteiger partial charge in [0.1, 0.15) is 5.82 Å². The van der Waals surface area contributed by atoms with E-state index in [2.05, 4.69) is 4.99 Å². The highest BCUT2D eigenvalue weighted by atomic mass is 32.2. The third kappa shape index (κ3) is 3.98. The number of aliphatic imine (C=N–C) groups is 1. The fourth-order valence-electron chi connectivity index (χ4n) is 3.57. The Kier molecular flexibility index (Phi) is 5.01. The van der Waals surface area contributed by atoms with Gasteiger partial charge in [-0.1, -0.05) is 36.0 Å². The Morgan fingerprint density at radius 2 is 1.96 bits per heavy atom. The summed E-state index contributed by atoms with van der Waals surface area (Å²) in [6.45, 7) is 1.96. The Morgan fingerprint density at radius 3 is 2.68 bits per heavy atom. The van der Waals surface area contributed by atoms with Crippen LogP contribution in [-0.4, -0.2) is 42.3 Å². The van der Waals surface area contributed by atoms with Crippen molar-refractivity contribution in [2.75, 3.05) is 16.4 Å². The number of aryl methyl sites for hydroxylation is 1. The molecule has 0 bridgehead atoms. The summed E-state index contributed by atoms with van der Waals surface area (Å²) < 4.78 is 37.3. The van der Waals surface area contributed by atoms with Crippen LogP contribution in [-0.2, 0) is 21.1 Å². The summed E-state index contributed by atoms with van der Waals surface area (Å²) in [6.07, 6.45) is 0.0691. The van der Waals surface area contributed by atoms with Crippen LogP contribution in [0, 0.1) is 12.7 Å². The molecule has 0 N–H and O–H groups in total. The summed E-state index contributed by atoms with van der Waals surface area (Å²) in [6, 6.07) is 13.3. The molecule has 0 radical (unpaired) electrons. The molecule has 0 aliphatic carbocycles. The minimum Gasteiger partial charge on any atom is -0.316 e. The molecule has 2 aromatic carbocycles. The zero-order valence-electron chi connectivity index (χ0n) is 15.2. The van der Waals surface area contributed by atoms with E-state index in [1.54, 1.807) is 12.1 Å². The van der Waals surface area contributed by atoms with Crippen LogP contribution in [0.2, 0.25) is 0 Å². The lowest BCUT2D eigenvalue weighted by atomic mass is 10.1. The number of thioether (sulfide) groups is 1. The first-order valence-corrected chi connectivity index (χ1v) is 11.6. The molecule has 2 atom stereocenters. The molecule has 2 aliphatic heterocycles. The molecule has 0 aromatic heterocycles. The number of hydrogen-bond donors (Lipinski definition) is 0. The van der Waals surface area contributed by atoms with Crippen molar-refractivity contribution in [2.24, 2.45) is 4.99 Å². The highest BCUT2D eigenvalue weighted by Gasteiger charge is 2.49. The van der Waals surface area contributed by atoms with E-state index in [0.29, 0.717) is 10.7 Å². The number of rotatable bonds is 3. The Balaban J connectivity index is 1.63. The van der Waals surface area contributed by atoms with E-state index in [4.69, 9.17) is 0 Å². The van der Waals surface area contributed by atoms with E-state index >= 15 is 0 Å². The minimum atomic E-state index is -3.10. The molecule has 2 aliphatic rings. The van der Waals surface area contributed by atoms with Gasteiger partial charge in [0, 0.05) is 10.9 Å². The second kappa shape index (κ2) is 7.33. The summed E-state index contributed by atoms with van der Waals surface area (Å²) in [4.78, 5) is 18.7. The molecule has 0 saturated carbocycles. The van der Waals surface area contributed by atoms with Gasteiger partial charge in [0.2, 0.25) is 0 Å². The quantitative estimate of drug-likeness (QED) is 0.767. The Hall–Kier alpha value is -2.19. The number of amidine groups is 1. The highest BCUT2D eigenvalue weighted by molar-refractivity contribution is 8.16. The number of halogens is 1. The molecule has 2 fully saturated rings. The molecule has 28 heavy (non-hydrogen) atoms. The van der Waals surface area contributed by atoms with Crippen LogP contribution in [0.3, 0.4) is 0 Å². The lowest BCUT2D eigenvalue weighted by molar-refractivity contribution is -0.117. The van der Waals surface area contributed by atoms with Crippen LogP contribution in [0.5, 0.6) is 0 Å². The van der Waals surface area contributed by atoms with Crippen LogP contribution >= 0.6 is 11.8 Å². The molecule has 4 rings (SSSR count). The number of anilines is 1. The van der Waals surface area contributed by atoms with E-state index in [9.17, 15) is 17.6 Å². The summed E-state index contributed by atoms with van der Waals surface area (Å²) >= 11 is 1.35. The normalized spacial score (nSPS) is 24.5. The Morgan fingerprint density at radius 1 is 1.21 bits per heavy atom. The number of fused-ring (bicyclic) bond motifs is 1. The van der Waals surface area contributed by atoms with E-state index in [-0.39, 0.29) is 40.9 Å². The summed E-state index contributed by atoms with van der Waals surface area (Å²) in [5.74, 6) is -0.539. The monoisotopic (exact) mass is 418 g/mol. The third-order valence-electron chi connectivity index (χ3n) is 4.84. The average molecular weight is 419 g/mol. The largest absolute Gasteiger partial charge is 0.316 e. The SMILES string of the molecule is Cc1cccc(N2C(=NC(=O)Cc3ccc(F)cc3)S[C@H]3CS(=O)(=O)C[C@@H]32)c1. The van der Waals surface area contributed by atoms with Gasteiger partial charge in [0.25, 0.3) is 5.91 Å². The van der Waals surface area contributed by atoms with Crippen LogP contribution < -0.4 is 4.90 Å². The van der Waals surface area contributed by atoms with Crippen molar-refractivity contribution in [3.05, 3.63) is 65.5 Å². The van der Waals surface area contributed by atoms with Crippen molar-refractivity contribution in [2.45, 2.75) is 24.6 Å². The second-order valence-electron chi connectivity index (χ2n) is 7.10. The van der Waals surface area contributed by atoms with Crippen molar-refractivity contribution in [1.29, 1.82) is 0 Å². The molecule has 146 valence electrons. The maximum absolute atomic E-state index is 13.0. The van der Waals surface area contributed by atoms with Crippen LogP contribution in [0.25, 0.3) is 0 Å². The zero-order chi connectivity index (χ0) is 19.9. The standard InChI is InChI=1S/C20H19FN2O3S2/c1-13-3-2-4-16(9-13)23-17-11-28(25,26)12-18(17)27-20(23)22-19(24)10-14-5-7-15(21)8-6-14/h2-9,17-18H,10-12H2,1H3/t17-,18-/m0/s1. The predicted octanol–water partition coefficient (Wildman–Crippen LogP) is 2.98. The maximum Gasteiger partial charge on any atom is 0.252 e. The van der Waals surface area contributed by atoms with Crippen molar-refractivity contribution in [3.63, 3.8) is 0 Å². The van der Waals surface area contributed by atoms with Crippen molar-refractivity contribution >= 4 is 38.4 Å². The first-order valence-electron chi connectivity index (χ1n) is 8.90. The zero-order valence-corrected chi connectivity index (χ0v) is 16.8. The summed E-state index contributed by atoms with van der Waals surface area (Å²) in [5.41, 5.74) is 2.57. The second-order valence-corrected chi connectivity index (χ2v) is 10.5. The van der Waals surface area contributed by atoms with Gasteiger partial charge in [0.05, 0.1) is 24.0 Å². The number of sulfone groups is 1. The van der Waals surface area contributed by atoms with Crippen LogP contribution in [0.4, 0.5) is 10.1 Å². The van der Waals surface area contributed by atoms with Crippen LogP contribution in [0.1, 0.15) is 11.1 Å². The summed E-state index contributed by atoms with van der Waals surface area (Å²) in [7, 11) is -3.10. The average Bonchev–Trinajstić information content (AvgIpc) is 3.07. The molecule has 2 heterocycles. The van der Waals surface area contributed by atoms with Gasteiger partial charge in [-0.2, -0.15) is 4.99 Å². The lowest BCUT2D eigenvalue weighted by Gasteiger charge is -2.24. The minimum absolute atomic E-state index is 0.0593. The van der Waals surface area contributed by atoms with Gasteiger partial charge in [0.15, 0.2) is 15.0 Å². The molecule has 5 nitrogen and oxygen atoms in total. The van der Waals surface area contributed by atoms with Gasteiger partial charge >= 0.3 is 0 Å². The summed E-state index contributed by atoms with van der Waals surface area (Å²) in [5, 5.41) is 0.394. The molecular weight excluding hydrogens is 399 g/mol. The predicted molar refractivity (Wildman–Crippen MR) is 110 cm³/mol. The van der Waals surface area contributed by atoms with Gasteiger partial charge in [-0.15, -0.1) is 0 Å². The molecule has 0 spiro atoms. The number of amides is 1. The number of hydrogen-bond acceptors (Lipinski definition) is 4. The van der Waals surface area contributed by atoms with Crippen molar-refractivity contribution < 1.29 is 17.6 Å². The van der Waals surface area contributed by atoms with E-state index in [0.717, 1.165) is 11.3 Å². The third-order valence-corrected chi connectivity index (χ3v) is 8.05. The molecular formula is C20H19FN2O3S2. The number of benzene rings is 2. The molecule has 2 aromatic rings. The van der Waals surface area contributed by atoms with Crippen molar-refractivity contribution in [1.82, 2.24) is 0 Å². The highest BCUT2D eigenvalue weighted by Crippen LogP contribution is 2.41. The maximum atomic E-state index is 13.0. The van der Waals surface area contributed by atoms with Gasteiger partial charge in [-0.25, -0.2) is 12.8 Å². The van der Waals surface area contributed by atoms with E-state index < -0.39 is 9.84 Å². The lowest BCUT2D eigenvalue weighted by Crippen LogP contribution is -2.37. The Bertz CT molecular complexity index is 1050. The molecule has 2 saturated heterocycles. The Labute approximate surface area is 167 Å². The number of carbonyl (C=O) groups is 1. The molecule has 1 amide bonds. The van der Waals surface area contributed by atoms with Gasteiger partial charge < -0.3 is 4.90 Å². The first kappa shape index (κ1) is 19.1. The van der Waals surface area contributed by atoms with Gasteiger partial charge in [-0.05, 0) is 42.3 Å². The molecule has 0 unspecified atom stereocenters. The van der Waals surface area contributed by atoms with Gasteiger partial charge in [-0.3, -0.25) is 4.79 Å². The molecule has 8 heteroatoms.